The Balaban J connectivity index is 1.53. The van der Waals surface area contributed by atoms with Gasteiger partial charge in [-0.25, -0.2) is 9.97 Å². The van der Waals surface area contributed by atoms with E-state index >= 15 is 0 Å². The van der Waals surface area contributed by atoms with Crippen molar-refractivity contribution in [2.75, 3.05) is 13.1 Å². The predicted octanol–water partition coefficient (Wildman–Crippen LogP) is 2.38. The highest BCUT2D eigenvalue weighted by Crippen LogP contribution is 2.27. The van der Waals surface area contributed by atoms with Crippen LogP contribution in [0.5, 0.6) is 0 Å². The lowest BCUT2D eigenvalue weighted by molar-refractivity contribution is 0.196. The molecule has 1 N–H and O–H groups in total. The van der Waals surface area contributed by atoms with Crippen molar-refractivity contribution in [3.63, 3.8) is 0 Å². The SMILES string of the molecule is Cc1[nH]cnc1CN1CCCC(c2ccc3cnn(C)c3n2)C1. The number of fused-ring (bicyclic) bond motifs is 1. The standard InChI is InChI=1S/C17H22N6/c1-12-16(19-11-18-12)10-23-7-3-4-14(9-23)15-6-5-13-8-20-22(2)17(13)21-15/h5-6,8,11,14H,3-4,7,9-10H2,1-2H3,(H,18,19). The Hall–Kier alpha value is -2.21. The van der Waals surface area contributed by atoms with Crippen LogP contribution in [0.25, 0.3) is 11.0 Å². The third-order valence-electron chi connectivity index (χ3n) is 4.83. The summed E-state index contributed by atoms with van der Waals surface area (Å²) in [6.45, 7) is 5.18. The molecule has 0 radical (unpaired) electrons. The molecule has 0 aromatic carbocycles. The van der Waals surface area contributed by atoms with E-state index in [1.54, 1.807) is 6.33 Å². The molecule has 0 amide bonds. The molecule has 1 aliphatic rings. The summed E-state index contributed by atoms with van der Waals surface area (Å²) in [5, 5.41) is 5.40. The first-order valence-electron chi connectivity index (χ1n) is 8.20. The van der Waals surface area contributed by atoms with Crippen molar-refractivity contribution in [2.45, 2.75) is 32.2 Å². The molecule has 3 aromatic heterocycles. The van der Waals surface area contributed by atoms with E-state index in [1.807, 2.05) is 17.9 Å². The van der Waals surface area contributed by atoms with Crippen LogP contribution < -0.4 is 0 Å². The van der Waals surface area contributed by atoms with Crippen molar-refractivity contribution in [2.24, 2.45) is 7.05 Å². The molecular formula is C17H22N6. The fourth-order valence-electron chi connectivity index (χ4n) is 3.46. The van der Waals surface area contributed by atoms with E-state index in [-0.39, 0.29) is 0 Å². The minimum absolute atomic E-state index is 0.488. The summed E-state index contributed by atoms with van der Waals surface area (Å²) in [4.78, 5) is 14.9. The molecular weight excluding hydrogens is 288 g/mol. The van der Waals surface area contributed by atoms with Crippen LogP contribution in [0.2, 0.25) is 0 Å². The third kappa shape index (κ3) is 2.74. The summed E-state index contributed by atoms with van der Waals surface area (Å²) in [5.41, 5.74) is 4.48. The quantitative estimate of drug-likeness (QED) is 0.807. The van der Waals surface area contributed by atoms with Gasteiger partial charge in [0.2, 0.25) is 0 Å². The zero-order valence-corrected chi connectivity index (χ0v) is 13.7. The summed E-state index contributed by atoms with van der Waals surface area (Å²) in [6.07, 6.45) is 6.06. The lowest BCUT2D eigenvalue weighted by atomic mass is 9.94. The van der Waals surface area contributed by atoms with Crippen LogP contribution in [0.15, 0.2) is 24.7 Å². The molecule has 1 aliphatic heterocycles. The Morgan fingerprint density at radius 2 is 2.26 bits per heavy atom. The molecule has 4 heterocycles. The molecule has 0 spiro atoms. The van der Waals surface area contributed by atoms with Crippen molar-refractivity contribution in [1.29, 1.82) is 0 Å². The first-order valence-corrected chi connectivity index (χ1v) is 8.20. The minimum atomic E-state index is 0.488. The number of hydrogen-bond donors (Lipinski definition) is 1. The Labute approximate surface area is 135 Å². The van der Waals surface area contributed by atoms with Crippen LogP contribution in [0.3, 0.4) is 0 Å². The predicted molar refractivity (Wildman–Crippen MR) is 89.1 cm³/mol. The maximum Gasteiger partial charge on any atom is 0.157 e. The molecule has 0 saturated carbocycles. The van der Waals surface area contributed by atoms with E-state index in [4.69, 9.17) is 4.98 Å². The molecule has 3 aromatic rings. The van der Waals surface area contributed by atoms with Gasteiger partial charge in [-0.1, -0.05) is 0 Å². The van der Waals surface area contributed by atoms with Gasteiger partial charge in [-0.2, -0.15) is 5.10 Å². The molecule has 1 atom stereocenters. The van der Waals surface area contributed by atoms with E-state index in [0.717, 1.165) is 36.4 Å². The molecule has 0 bridgehead atoms. The van der Waals surface area contributed by atoms with Crippen LogP contribution in [-0.2, 0) is 13.6 Å². The largest absolute Gasteiger partial charge is 0.348 e. The van der Waals surface area contributed by atoms with Crippen LogP contribution in [0, 0.1) is 6.92 Å². The number of aromatic amines is 1. The van der Waals surface area contributed by atoms with E-state index < -0.39 is 0 Å². The normalized spacial score (nSPS) is 19.5. The lowest BCUT2D eigenvalue weighted by Crippen LogP contribution is -2.34. The Morgan fingerprint density at radius 3 is 3.09 bits per heavy atom. The molecule has 6 heteroatoms. The first-order chi connectivity index (χ1) is 11.2. The summed E-state index contributed by atoms with van der Waals surface area (Å²) in [5.74, 6) is 0.488. The highest BCUT2D eigenvalue weighted by molar-refractivity contribution is 5.74. The number of nitrogens with zero attached hydrogens (tertiary/aromatic N) is 5. The smallest absolute Gasteiger partial charge is 0.157 e. The number of H-pyrrole nitrogens is 1. The second-order valence-corrected chi connectivity index (χ2v) is 6.47. The molecule has 1 saturated heterocycles. The number of nitrogens with one attached hydrogen (secondary N) is 1. The van der Waals surface area contributed by atoms with Gasteiger partial charge in [0, 0.05) is 42.8 Å². The van der Waals surface area contributed by atoms with Gasteiger partial charge in [-0.15, -0.1) is 0 Å². The molecule has 1 fully saturated rings. The van der Waals surface area contributed by atoms with Crippen molar-refractivity contribution < 1.29 is 0 Å². The number of pyridine rings is 1. The number of imidazole rings is 1. The van der Waals surface area contributed by atoms with Crippen LogP contribution >= 0.6 is 0 Å². The van der Waals surface area contributed by atoms with Crippen molar-refractivity contribution in [3.05, 3.63) is 41.7 Å². The molecule has 4 rings (SSSR count). The van der Waals surface area contributed by atoms with Crippen molar-refractivity contribution >= 4 is 11.0 Å². The number of piperidine rings is 1. The van der Waals surface area contributed by atoms with Gasteiger partial charge in [-0.05, 0) is 38.4 Å². The summed E-state index contributed by atoms with van der Waals surface area (Å²) in [6, 6.07) is 4.31. The van der Waals surface area contributed by atoms with Gasteiger partial charge >= 0.3 is 0 Å². The Morgan fingerprint density at radius 1 is 1.35 bits per heavy atom. The maximum absolute atomic E-state index is 4.86. The highest BCUT2D eigenvalue weighted by atomic mass is 15.3. The van der Waals surface area contributed by atoms with E-state index in [1.165, 1.54) is 24.2 Å². The average Bonchev–Trinajstić information content (AvgIpc) is 3.14. The number of likely N-dealkylation sites (tertiary alicyclic amines) is 1. The number of hydrogen-bond acceptors (Lipinski definition) is 4. The second-order valence-electron chi connectivity index (χ2n) is 6.47. The molecule has 0 aliphatic carbocycles. The topological polar surface area (TPSA) is 62.6 Å². The number of aromatic nitrogens is 5. The van der Waals surface area contributed by atoms with Crippen molar-refractivity contribution in [3.8, 4) is 0 Å². The zero-order valence-electron chi connectivity index (χ0n) is 13.7. The van der Waals surface area contributed by atoms with Gasteiger partial charge in [0.05, 0.1) is 18.2 Å². The molecule has 120 valence electrons. The average molecular weight is 310 g/mol. The van der Waals surface area contributed by atoms with Crippen LogP contribution in [0.1, 0.15) is 35.8 Å². The highest BCUT2D eigenvalue weighted by Gasteiger charge is 2.23. The molecule has 23 heavy (non-hydrogen) atoms. The zero-order chi connectivity index (χ0) is 15.8. The van der Waals surface area contributed by atoms with Gasteiger partial charge in [0.25, 0.3) is 0 Å². The second kappa shape index (κ2) is 5.77. The summed E-state index contributed by atoms with van der Waals surface area (Å²) >= 11 is 0. The lowest BCUT2D eigenvalue weighted by Gasteiger charge is -2.32. The number of aryl methyl sites for hydroxylation is 2. The van der Waals surface area contributed by atoms with Gasteiger partial charge in [0.15, 0.2) is 5.65 Å². The molecule has 6 nitrogen and oxygen atoms in total. The first kappa shape index (κ1) is 14.4. The van der Waals surface area contributed by atoms with Crippen molar-refractivity contribution in [1.82, 2.24) is 29.6 Å². The summed E-state index contributed by atoms with van der Waals surface area (Å²) in [7, 11) is 1.95. The fourth-order valence-corrected chi connectivity index (χ4v) is 3.46. The third-order valence-corrected chi connectivity index (χ3v) is 4.83. The van der Waals surface area contributed by atoms with E-state index in [9.17, 15) is 0 Å². The van der Waals surface area contributed by atoms with E-state index in [2.05, 4.69) is 39.0 Å². The monoisotopic (exact) mass is 310 g/mol. The van der Waals surface area contributed by atoms with E-state index in [0.29, 0.717) is 5.92 Å². The van der Waals surface area contributed by atoms with Gasteiger partial charge in [0.1, 0.15) is 0 Å². The van der Waals surface area contributed by atoms with Gasteiger partial charge < -0.3 is 4.98 Å². The summed E-state index contributed by atoms with van der Waals surface area (Å²) < 4.78 is 1.85. The fraction of sp³-hybridized carbons (Fsp3) is 0.471. The maximum atomic E-state index is 4.86. The van der Waals surface area contributed by atoms with Crippen LogP contribution in [0.4, 0.5) is 0 Å². The molecule has 1 unspecified atom stereocenters. The Bertz CT molecular complexity index is 817. The van der Waals surface area contributed by atoms with Crippen LogP contribution in [-0.4, -0.2) is 42.7 Å². The Kier molecular flexibility index (Phi) is 3.61. The minimum Gasteiger partial charge on any atom is -0.348 e. The van der Waals surface area contributed by atoms with Gasteiger partial charge in [-0.3, -0.25) is 9.58 Å². The number of rotatable bonds is 3.